The maximum Gasteiger partial charge on any atom is 0.246 e. The summed E-state index contributed by atoms with van der Waals surface area (Å²) in [6.07, 6.45) is 3.14. The molecule has 0 aromatic rings. The molecule has 1 heterocycles. The second kappa shape index (κ2) is 6.61. The van der Waals surface area contributed by atoms with E-state index in [1.165, 1.54) is 0 Å². The topological polar surface area (TPSA) is 52.7 Å². The van der Waals surface area contributed by atoms with Crippen molar-refractivity contribution in [2.24, 2.45) is 5.92 Å². The SMILES string of the molecule is CNCCN(C)C(=O)C1CSCN1C(=O)C1CCC1. The average molecular weight is 285 g/mol. The van der Waals surface area contributed by atoms with Crippen LogP contribution in [-0.2, 0) is 9.59 Å². The smallest absolute Gasteiger partial charge is 0.246 e. The van der Waals surface area contributed by atoms with E-state index in [1.807, 2.05) is 14.1 Å². The highest BCUT2D eigenvalue weighted by atomic mass is 32.2. The van der Waals surface area contributed by atoms with E-state index in [-0.39, 0.29) is 23.8 Å². The highest BCUT2D eigenvalue weighted by Gasteiger charge is 2.39. The molecule has 1 atom stereocenters. The van der Waals surface area contributed by atoms with Crippen molar-refractivity contribution >= 4 is 23.6 Å². The van der Waals surface area contributed by atoms with Gasteiger partial charge in [-0.15, -0.1) is 11.8 Å². The van der Waals surface area contributed by atoms with Crippen LogP contribution >= 0.6 is 11.8 Å². The Bertz CT molecular complexity index is 347. The van der Waals surface area contributed by atoms with Crippen molar-refractivity contribution in [3.8, 4) is 0 Å². The van der Waals surface area contributed by atoms with Crippen LogP contribution in [0.3, 0.4) is 0 Å². The van der Waals surface area contributed by atoms with Crippen molar-refractivity contribution in [3.63, 3.8) is 0 Å². The van der Waals surface area contributed by atoms with Crippen LogP contribution in [0.1, 0.15) is 19.3 Å². The highest BCUT2D eigenvalue weighted by molar-refractivity contribution is 7.99. The van der Waals surface area contributed by atoms with Crippen LogP contribution in [0.25, 0.3) is 0 Å². The highest BCUT2D eigenvalue weighted by Crippen LogP contribution is 2.32. The molecule has 1 unspecified atom stereocenters. The normalized spacial score (nSPS) is 23.3. The van der Waals surface area contributed by atoms with Gasteiger partial charge in [0.2, 0.25) is 11.8 Å². The van der Waals surface area contributed by atoms with E-state index in [0.29, 0.717) is 12.4 Å². The fourth-order valence-electron chi connectivity index (χ4n) is 2.40. The minimum atomic E-state index is -0.250. The third kappa shape index (κ3) is 3.23. The average Bonchev–Trinajstić information content (AvgIpc) is 2.81. The second-order valence-electron chi connectivity index (χ2n) is 5.31. The van der Waals surface area contributed by atoms with E-state index in [4.69, 9.17) is 0 Å². The van der Waals surface area contributed by atoms with Crippen molar-refractivity contribution in [1.29, 1.82) is 0 Å². The monoisotopic (exact) mass is 285 g/mol. The molecule has 2 amide bonds. The van der Waals surface area contributed by atoms with E-state index in [2.05, 4.69) is 5.32 Å². The second-order valence-corrected chi connectivity index (χ2v) is 6.31. The molecule has 1 saturated heterocycles. The Labute approximate surface area is 119 Å². The number of thioether (sulfide) groups is 1. The molecule has 19 heavy (non-hydrogen) atoms. The Hall–Kier alpha value is -0.750. The largest absolute Gasteiger partial charge is 0.343 e. The number of rotatable bonds is 5. The molecular weight excluding hydrogens is 262 g/mol. The van der Waals surface area contributed by atoms with Crippen molar-refractivity contribution in [3.05, 3.63) is 0 Å². The summed E-state index contributed by atoms with van der Waals surface area (Å²) in [5.41, 5.74) is 0. The van der Waals surface area contributed by atoms with Crippen molar-refractivity contribution in [2.45, 2.75) is 25.3 Å². The summed E-state index contributed by atoms with van der Waals surface area (Å²) in [6, 6.07) is -0.250. The molecule has 0 aromatic carbocycles. The van der Waals surface area contributed by atoms with Gasteiger partial charge in [0.1, 0.15) is 6.04 Å². The molecule has 2 aliphatic rings. The van der Waals surface area contributed by atoms with Crippen LogP contribution in [0, 0.1) is 5.92 Å². The summed E-state index contributed by atoms with van der Waals surface area (Å²) in [5.74, 6) is 1.86. The number of amides is 2. The zero-order valence-electron chi connectivity index (χ0n) is 11.7. The predicted octanol–water partition coefficient (Wildman–Crippen LogP) is 0.366. The van der Waals surface area contributed by atoms with Crippen LogP contribution < -0.4 is 5.32 Å². The summed E-state index contributed by atoms with van der Waals surface area (Å²) >= 11 is 1.68. The van der Waals surface area contributed by atoms with E-state index in [9.17, 15) is 9.59 Å². The molecule has 5 nitrogen and oxygen atoms in total. The molecule has 1 aliphatic heterocycles. The zero-order valence-corrected chi connectivity index (χ0v) is 12.5. The number of hydrogen-bond donors (Lipinski definition) is 1. The van der Waals surface area contributed by atoms with Gasteiger partial charge in [0, 0.05) is 31.8 Å². The molecule has 108 valence electrons. The van der Waals surface area contributed by atoms with Crippen molar-refractivity contribution in [1.82, 2.24) is 15.1 Å². The summed E-state index contributed by atoms with van der Waals surface area (Å²) < 4.78 is 0. The van der Waals surface area contributed by atoms with Gasteiger partial charge in [0.25, 0.3) is 0 Å². The first-order valence-corrected chi connectivity index (χ1v) is 8.08. The lowest BCUT2D eigenvalue weighted by Crippen LogP contribution is -2.51. The third-order valence-electron chi connectivity index (χ3n) is 3.98. The first-order valence-electron chi connectivity index (χ1n) is 6.93. The molecule has 1 saturated carbocycles. The van der Waals surface area contributed by atoms with Crippen LogP contribution in [0.4, 0.5) is 0 Å². The van der Waals surface area contributed by atoms with Gasteiger partial charge in [0.15, 0.2) is 0 Å². The number of nitrogens with one attached hydrogen (secondary N) is 1. The summed E-state index contributed by atoms with van der Waals surface area (Å²) in [5, 5.41) is 3.03. The summed E-state index contributed by atoms with van der Waals surface area (Å²) in [7, 11) is 3.69. The molecule has 0 bridgehead atoms. The molecule has 6 heteroatoms. The maximum absolute atomic E-state index is 12.4. The molecule has 1 N–H and O–H groups in total. The molecular formula is C13H23N3O2S. The standard InChI is InChI=1S/C13H23N3O2S/c1-14-6-7-15(2)13(18)11-8-19-9-16(11)12(17)10-4-3-5-10/h10-11,14H,3-9H2,1-2H3. The lowest BCUT2D eigenvalue weighted by atomic mass is 9.84. The van der Waals surface area contributed by atoms with Gasteiger partial charge < -0.3 is 15.1 Å². The quantitative estimate of drug-likeness (QED) is 0.793. The molecule has 1 aliphatic carbocycles. The number of nitrogens with zero attached hydrogens (tertiary/aromatic N) is 2. The minimum absolute atomic E-state index is 0.0768. The summed E-state index contributed by atoms with van der Waals surface area (Å²) in [4.78, 5) is 28.2. The number of carbonyl (C=O) groups excluding carboxylic acids is 2. The Morgan fingerprint density at radius 3 is 2.74 bits per heavy atom. The van der Waals surface area contributed by atoms with Crippen molar-refractivity contribution in [2.75, 3.05) is 38.8 Å². The predicted molar refractivity (Wildman–Crippen MR) is 76.9 cm³/mol. The van der Waals surface area contributed by atoms with Crippen LogP contribution in [-0.4, -0.2) is 66.5 Å². The molecule has 0 spiro atoms. The number of carbonyl (C=O) groups is 2. The van der Waals surface area contributed by atoms with E-state index < -0.39 is 0 Å². The Balaban J connectivity index is 1.93. The lowest BCUT2D eigenvalue weighted by molar-refractivity contribution is -0.146. The number of hydrogen-bond acceptors (Lipinski definition) is 4. The fourth-order valence-corrected chi connectivity index (χ4v) is 3.55. The zero-order chi connectivity index (χ0) is 13.8. The van der Waals surface area contributed by atoms with Crippen LogP contribution in [0.15, 0.2) is 0 Å². The Morgan fingerprint density at radius 2 is 2.16 bits per heavy atom. The maximum atomic E-state index is 12.4. The van der Waals surface area contributed by atoms with E-state index >= 15 is 0 Å². The third-order valence-corrected chi connectivity index (χ3v) is 4.99. The van der Waals surface area contributed by atoms with Gasteiger partial charge in [-0.05, 0) is 19.9 Å². The molecule has 2 fully saturated rings. The Kier molecular flexibility index (Phi) is 5.10. The van der Waals surface area contributed by atoms with Crippen molar-refractivity contribution < 1.29 is 9.59 Å². The van der Waals surface area contributed by atoms with Gasteiger partial charge in [0.05, 0.1) is 5.88 Å². The first-order chi connectivity index (χ1) is 9.15. The van der Waals surface area contributed by atoms with Gasteiger partial charge in [-0.25, -0.2) is 0 Å². The first kappa shape index (κ1) is 14.7. The summed E-state index contributed by atoms with van der Waals surface area (Å²) in [6.45, 7) is 1.46. The van der Waals surface area contributed by atoms with E-state index in [1.54, 1.807) is 21.6 Å². The van der Waals surface area contributed by atoms with Gasteiger partial charge in [-0.1, -0.05) is 6.42 Å². The number of likely N-dealkylation sites (N-methyl/N-ethyl adjacent to an activating group) is 2. The van der Waals surface area contributed by atoms with Gasteiger partial charge in [-0.2, -0.15) is 0 Å². The molecule has 0 radical (unpaired) electrons. The fraction of sp³-hybridized carbons (Fsp3) is 0.846. The van der Waals surface area contributed by atoms with Gasteiger partial charge >= 0.3 is 0 Å². The minimum Gasteiger partial charge on any atom is -0.343 e. The Morgan fingerprint density at radius 1 is 1.42 bits per heavy atom. The molecule has 2 rings (SSSR count). The molecule has 0 aromatic heterocycles. The lowest BCUT2D eigenvalue weighted by Gasteiger charge is -2.33. The van der Waals surface area contributed by atoms with E-state index in [0.717, 1.165) is 31.6 Å². The van der Waals surface area contributed by atoms with Gasteiger partial charge in [-0.3, -0.25) is 9.59 Å². The van der Waals surface area contributed by atoms with Crippen LogP contribution in [0.2, 0.25) is 0 Å². The van der Waals surface area contributed by atoms with Crippen LogP contribution in [0.5, 0.6) is 0 Å².